The molecule has 0 spiro atoms. The van der Waals surface area contributed by atoms with E-state index in [2.05, 4.69) is 10.2 Å². The smallest absolute Gasteiger partial charge is 0.237 e. The molecule has 13 heavy (non-hydrogen) atoms. The fourth-order valence-electron chi connectivity index (χ4n) is 1.79. The topological polar surface area (TPSA) is 32.3 Å². The Morgan fingerprint density at radius 1 is 1.46 bits per heavy atom. The Labute approximate surface area is 80.5 Å². The van der Waals surface area contributed by atoms with E-state index in [4.69, 9.17) is 0 Å². The van der Waals surface area contributed by atoms with E-state index in [9.17, 15) is 4.79 Å². The van der Waals surface area contributed by atoms with Gasteiger partial charge in [-0.25, -0.2) is 0 Å². The number of carbonyl (C=O) groups is 1. The molecule has 0 aromatic heterocycles. The molecule has 1 aliphatic rings. The van der Waals surface area contributed by atoms with E-state index >= 15 is 0 Å². The maximum Gasteiger partial charge on any atom is 0.237 e. The van der Waals surface area contributed by atoms with E-state index < -0.39 is 0 Å². The minimum absolute atomic E-state index is 0.108. The molecule has 1 heterocycles. The number of amides is 1. The number of likely N-dealkylation sites (tertiary alicyclic amines) is 1. The Balaban J connectivity index is 2.44. The van der Waals surface area contributed by atoms with Crippen molar-refractivity contribution < 1.29 is 4.79 Å². The summed E-state index contributed by atoms with van der Waals surface area (Å²) in [7, 11) is 2.03. The van der Waals surface area contributed by atoms with Crippen LogP contribution in [0.15, 0.2) is 0 Å². The van der Waals surface area contributed by atoms with Crippen LogP contribution in [0.1, 0.15) is 33.1 Å². The molecule has 3 heteroatoms. The second-order valence-electron chi connectivity index (χ2n) is 4.16. The predicted octanol–water partition coefficient (Wildman–Crippen LogP) is 0.995. The number of likely N-dealkylation sites (N-methyl/N-ethyl adjacent to an activating group) is 1. The van der Waals surface area contributed by atoms with Gasteiger partial charge in [0.15, 0.2) is 0 Å². The quantitative estimate of drug-likeness (QED) is 0.694. The Hall–Kier alpha value is -0.570. The summed E-state index contributed by atoms with van der Waals surface area (Å²) >= 11 is 0. The molecule has 1 N–H and O–H groups in total. The lowest BCUT2D eigenvalue weighted by atomic mass is 10.0. The van der Waals surface area contributed by atoms with Gasteiger partial charge in [-0.05, 0) is 40.3 Å². The van der Waals surface area contributed by atoms with Gasteiger partial charge in [0.05, 0.1) is 6.04 Å². The molecule has 1 atom stereocenters. The Bertz CT molecular complexity index is 180. The van der Waals surface area contributed by atoms with E-state index in [1.54, 1.807) is 0 Å². The normalized spacial score (nSPS) is 24.8. The van der Waals surface area contributed by atoms with Crippen LogP contribution in [-0.2, 0) is 4.79 Å². The summed E-state index contributed by atoms with van der Waals surface area (Å²) in [5.41, 5.74) is 0. The molecular weight excluding hydrogens is 164 g/mol. The maximum atomic E-state index is 11.7. The van der Waals surface area contributed by atoms with E-state index in [0.717, 1.165) is 13.0 Å². The van der Waals surface area contributed by atoms with Crippen molar-refractivity contribution in [1.82, 2.24) is 10.2 Å². The number of hydrogen-bond donors (Lipinski definition) is 1. The molecule has 0 bridgehead atoms. The lowest BCUT2D eigenvalue weighted by molar-refractivity contribution is -0.127. The third-order valence-electron chi connectivity index (χ3n) is 2.50. The second kappa shape index (κ2) is 4.61. The van der Waals surface area contributed by atoms with Crippen molar-refractivity contribution in [3.05, 3.63) is 0 Å². The van der Waals surface area contributed by atoms with Gasteiger partial charge in [-0.15, -0.1) is 0 Å². The van der Waals surface area contributed by atoms with Gasteiger partial charge in [0.25, 0.3) is 0 Å². The van der Waals surface area contributed by atoms with Crippen molar-refractivity contribution in [1.29, 1.82) is 0 Å². The molecule has 0 saturated carbocycles. The van der Waals surface area contributed by atoms with Crippen LogP contribution in [-0.4, -0.2) is 36.5 Å². The van der Waals surface area contributed by atoms with Crippen LogP contribution in [0.5, 0.6) is 0 Å². The molecular formula is C10H20N2O. The minimum Gasteiger partial charge on any atom is -0.353 e. The summed E-state index contributed by atoms with van der Waals surface area (Å²) in [5, 5.41) is 2.96. The highest BCUT2D eigenvalue weighted by atomic mass is 16.2. The first-order valence-corrected chi connectivity index (χ1v) is 5.12. The van der Waals surface area contributed by atoms with Gasteiger partial charge < -0.3 is 5.32 Å². The SMILES string of the molecule is CC(C)NC(=O)[C@@H]1CCCCN1C. The molecule has 0 aromatic carbocycles. The van der Waals surface area contributed by atoms with Gasteiger partial charge in [-0.1, -0.05) is 6.42 Å². The fourth-order valence-corrected chi connectivity index (χ4v) is 1.79. The third-order valence-corrected chi connectivity index (χ3v) is 2.50. The minimum atomic E-state index is 0.108. The van der Waals surface area contributed by atoms with E-state index in [1.165, 1.54) is 12.8 Å². The van der Waals surface area contributed by atoms with Gasteiger partial charge in [-0.3, -0.25) is 9.69 Å². The summed E-state index contributed by atoms with van der Waals surface area (Å²) in [6.07, 6.45) is 3.41. The molecule has 1 amide bonds. The second-order valence-corrected chi connectivity index (χ2v) is 4.16. The third kappa shape index (κ3) is 2.99. The zero-order valence-electron chi connectivity index (χ0n) is 8.84. The van der Waals surface area contributed by atoms with Crippen molar-refractivity contribution in [2.24, 2.45) is 0 Å². The molecule has 0 aromatic rings. The zero-order valence-corrected chi connectivity index (χ0v) is 8.84. The molecule has 0 radical (unpaired) electrons. The highest BCUT2D eigenvalue weighted by Gasteiger charge is 2.25. The maximum absolute atomic E-state index is 11.7. The van der Waals surface area contributed by atoms with Crippen LogP contribution in [0.25, 0.3) is 0 Å². The van der Waals surface area contributed by atoms with Crippen molar-refractivity contribution >= 4 is 5.91 Å². The molecule has 1 saturated heterocycles. The van der Waals surface area contributed by atoms with Gasteiger partial charge >= 0.3 is 0 Å². The highest BCUT2D eigenvalue weighted by molar-refractivity contribution is 5.82. The fraction of sp³-hybridized carbons (Fsp3) is 0.900. The monoisotopic (exact) mass is 184 g/mol. The summed E-state index contributed by atoms with van der Waals surface area (Å²) in [4.78, 5) is 13.8. The lowest BCUT2D eigenvalue weighted by Gasteiger charge is -2.31. The largest absolute Gasteiger partial charge is 0.353 e. The van der Waals surface area contributed by atoms with Crippen LogP contribution in [0.4, 0.5) is 0 Å². The number of piperidine rings is 1. The average molecular weight is 184 g/mol. The van der Waals surface area contributed by atoms with E-state index in [1.807, 2.05) is 20.9 Å². The van der Waals surface area contributed by atoms with Crippen molar-refractivity contribution in [2.75, 3.05) is 13.6 Å². The summed E-state index contributed by atoms with van der Waals surface area (Å²) in [6.45, 7) is 5.05. The molecule has 1 rings (SSSR count). The zero-order chi connectivity index (χ0) is 9.84. The van der Waals surface area contributed by atoms with E-state index in [-0.39, 0.29) is 18.0 Å². The number of carbonyl (C=O) groups excluding carboxylic acids is 1. The first-order valence-electron chi connectivity index (χ1n) is 5.12. The standard InChI is InChI=1S/C10H20N2O/c1-8(2)11-10(13)9-6-4-5-7-12(9)3/h8-9H,4-7H2,1-3H3,(H,11,13)/t9-/m0/s1. The summed E-state index contributed by atoms with van der Waals surface area (Å²) in [6, 6.07) is 0.360. The number of rotatable bonds is 2. The molecule has 3 nitrogen and oxygen atoms in total. The summed E-state index contributed by atoms with van der Waals surface area (Å²) < 4.78 is 0. The van der Waals surface area contributed by atoms with E-state index in [0.29, 0.717) is 0 Å². The number of hydrogen-bond acceptors (Lipinski definition) is 2. The molecule has 1 fully saturated rings. The van der Waals surface area contributed by atoms with Gasteiger partial charge in [0.2, 0.25) is 5.91 Å². The lowest BCUT2D eigenvalue weighted by Crippen LogP contribution is -2.49. The van der Waals surface area contributed by atoms with Gasteiger partial charge in [0.1, 0.15) is 0 Å². The first-order chi connectivity index (χ1) is 6.11. The Morgan fingerprint density at radius 2 is 2.15 bits per heavy atom. The van der Waals surface area contributed by atoms with Crippen molar-refractivity contribution in [3.8, 4) is 0 Å². The number of nitrogens with one attached hydrogen (secondary N) is 1. The van der Waals surface area contributed by atoms with Gasteiger partial charge in [0, 0.05) is 6.04 Å². The van der Waals surface area contributed by atoms with Crippen LogP contribution < -0.4 is 5.32 Å². The summed E-state index contributed by atoms with van der Waals surface area (Å²) in [5.74, 6) is 0.192. The Kier molecular flexibility index (Phi) is 3.72. The van der Waals surface area contributed by atoms with Crippen molar-refractivity contribution in [2.45, 2.75) is 45.2 Å². The van der Waals surface area contributed by atoms with Crippen LogP contribution >= 0.6 is 0 Å². The van der Waals surface area contributed by atoms with Crippen LogP contribution in [0.3, 0.4) is 0 Å². The highest BCUT2D eigenvalue weighted by Crippen LogP contribution is 2.14. The first kappa shape index (κ1) is 10.5. The molecule has 0 aliphatic carbocycles. The molecule has 76 valence electrons. The molecule has 1 aliphatic heterocycles. The number of nitrogens with zero attached hydrogens (tertiary/aromatic N) is 1. The van der Waals surface area contributed by atoms with Gasteiger partial charge in [-0.2, -0.15) is 0 Å². The average Bonchev–Trinajstić information content (AvgIpc) is 2.03. The van der Waals surface area contributed by atoms with Crippen LogP contribution in [0, 0.1) is 0 Å². The van der Waals surface area contributed by atoms with Crippen LogP contribution in [0.2, 0.25) is 0 Å². The Morgan fingerprint density at radius 3 is 2.69 bits per heavy atom. The predicted molar refractivity (Wildman–Crippen MR) is 53.5 cm³/mol. The molecule has 0 unspecified atom stereocenters. The van der Waals surface area contributed by atoms with Crippen molar-refractivity contribution in [3.63, 3.8) is 0 Å².